The van der Waals surface area contributed by atoms with E-state index in [0.717, 1.165) is 11.3 Å². The molecule has 1 aromatic carbocycles. The summed E-state index contributed by atoms with van der Waals surface area (Å²) in [5, 5.41) is 0. The molecule has 0 bridgehead atoms. The highest BCUT2D eigenvalue weighted by molar-refractivity contribution is 7.99. The molecular formula is C13H20N2OS. The Morgan fingerprint density at radius 2 is 1.94 bits per heavy atom. The van der Waals surface area contributed by atoms with Crippen LogP contribution in [-0.2, 0) is 11.2 Å². The van der Waals surface area contributed by atoms with Crippen LogP contribution in [0.25, 0.3) is 0 Å². The summed E-state index contributed by atoms with van der Waals surface area (Å²) in [7, 11) is 3.45. The molecule has 2 N–H and O–H groups in total. The molecule has 0 saturated carbocycles. The van der Waals surface area contributed by atoms with E-state index in [-0.39, 0.29) is 5.91 Å². The number of hydrogen-bond acceptors (Lipinski definition) is 3. The van der Waals surface area contributed by atoms with E-state index in [2.05, 4.69) is 19.1 Å². The van der Waals surface area contributed by atoms with Gasteiger partial charge in [0.25, 0.3) is 0 Å². The smallest absolute Gasteiger partial charge is 0.239 e. The molecule has 0 aliphatic carbocycles. The van der Waals surface area contributed by atoms with Crippen LogP contribution in [0, 0.1) is 0 Å². The number of benzene rings is 1. The zero-order valence-corrected chi connectivity index (χ0v) is 11.5. The first-order valence-corrected chi connectivity index (χ1v) is 6.71. The molecule has 1 atom stereocenters. The van der Waals surface area contributed by atoms with Crippen molar-refractivity contribution >= 4 is 17.7 Å². The van der Waals surface area contributed by atoms with E-state index in [1.807, 2.05) is 23.9 Å². The maximum Gasteiger partial charge on any atom is 0.239 e. The molecule has 4 heteroatoms. The number of likely N-dealkylation sites (N-methyl/N-ethyl adjacent to an activating group) is 1. The zero-order chi connectivity index (χ0) is 12.8. The second kappa shape index (κ2) is 6.67. The Morgan fingerprint density at radius 3 is 2.41 bits per heavy atom. The molecule has 94 valence electrons. The number of nitrogens with zero attached hydrogens (tertiary/aromatic N) is 1. The first kappa shape index (κ1) is 14.1. The standard InChI is InChI=1S/C13H20N2OS/c1-4-17-11-7-5-10(6-8-11)9-12(14)13(16)15(2)3/h5-8,12H,4,9,14H2,1-3H3. The van der Waals surface area contributed by atoms with Crippen molar-refractivity contribution in [1.82, 2.24) is 4.90 Å². The molecule has 1 unspecified atom stereocenters. The third-order valence-corrected chi connectivity index (χ3v) is 3.34. The lowest BCUT2D eigenvalue weighted by Gasteiger charge is -2.16. The summed E-state index contributed by atoms with van der Waals surface area (Å²) in [6.45, 7) is 2.13. The van der Waals surface area contributed by atoms with Gasteiger partial charge in [-0.05, 0) is 29.9 Å². The van der Waals surface area contributed by atoms with E-state index >= 15 is 0 Å². The largest absolute Gasteiger partial charge is 0.347 e. The maximum atomic E-state index is 11.6. The number of thioether (sulfide) groups is 1. The van der Waals surface area contributed by atoms with Crippen LogP contribution in [0.1, 0.15) is 12.5 Å². The highest BCUT2D eigenvalue weighted by atomic mass is 32.2. The van der Waals surface area contributed by atoms with E-state index in [4.69, 9.17) is 5.73 Å². The Balaban J connectivity index is 2.60. The number of rotatable bonds is 5. The predicted octanol–water partition coefficient (Wildman–Crippen LogP) is 1.76. The molecule has 0 saturated heterocycles. The van der Waals surface area contributed by atoms with Gasteiger partial charge in [-0.2, -0.15) is 0 Å². The molecular weight excluding hydrogens is 232 g/mol. The van der Waals surface area contributed by atoms with Crippen molar-refractivity contribution < 1.29 is 4.79 Å². The molecule has 0 spiro atoms. The van der Waals surface area contributed by atoms with Crippen LogP contribution in [0.5, 0.6) is 0 Å². The van der Waals surface area contributed by atoms with Crippen LogP contribution in [-0.4, -0.2) is 36.7 Å². The Labute approximate surface area is 107 Å². The topological polar surface area (TPSA) is 46.3 Å². The first-order valence-electron chi connectivity index (χ1n) is 5.73. The van der Waals surface area contributed by atoms with Crippen LogP contribution >= 0.6 is 11.8 Å². The van der Waals surface area contributed by atoms with Gasteiger partial charge >= 0.3 is 0 Å². The second-order valence-electron chi connectivity index (χ2n) is 4.12. The van der Waals surface area contributed by atoms with Crippen molar-refractivity contribution in [2.24, 2.45) is 5.73 Å². The lowest BCUT2D eigenvalue weighted by Crippen LogP contribution is -2.41. The number of nitrogens with two attached hydrogens (primary N) is 1. The van der Waals surface area contributed by atoms with Gasteiger partial charge in [0.2, 0.25) is 5.91 Å². The normalized spacial score (nSPS) is 12.2. The minimum Gasteiger partial charge on any atom is -0.347 e. The Morgan fingerprint density at radius 1 is 1.35 bits per heavy atom. The summed E-state index contributed by atoms with van der Waals surface area (Å²) in [6.07, 6.45) is 0.591. The highest BCUT2D eigenvalue weighted by Gasteiger charge is 2.15. The predicted molar refractivity (Wildman–Crippen MR) is 73.2 cm³/mol. The number of carbonyl (C=O) groups excluding carboxylic acids is 1. The monoisotopic (exact) mass is 252 g/mol. The molecule has 0 aliphatic heterocycles. The van der Waals surface area contributed by atoms with Crippen LogP contribution in [0.2, 0.25) is 0 Å². The summed E-state index contributed by atoms with van der Waals surface area (Å²) in [4.78, 5) is 14.4. The van der Waals surface area contributed by atoms with Gasteiger partial charge < -0.3 is 10.6 Å². The molecule has 0 aromatic heterocycles. The fourth-order valence-electron chi connectivity index (χ4n) is 1.56. The molecule has 1 amide bonds. The Kier molecular flexibility index (Phi) is 5.51. The lowest BCUT2D eigenvalue weighted by molar-refractivity contribution is -0.130. The number of amides is 1. The van der Waals surface area contributed by atoms with Crippen LogP contribution in [0.15, 0.2) is 29.2 Å². The van der Waals surface area contributed by atoms with Crippen LogP contribution in [0.3, 0.4) is 0 Å². The van der Waals surface area contributed by atoms with Crippen LogP contribution < -0.4 is 5.73 Å². The summed E-state index contributed by atoms with van der Waals surface area (Å²) in [5.41, 5.74) is 6.96. The van der Waals surface area contributed by atoms with Gasteiger partial charge in [-0.25, -0.2) is 0 Å². The van der Waals surface area contributed by atoms with E-state index in [1.54, 1.807) is 14.1 Å². The molecule has 0 radical (unpaired) electrons. The van der Waals surface area contributed by atoms with E-state index in [0.29, 0.717) is 6.42 Å². The SMILES string of the molecule is CCSc1ccc(CC(N)C(=O)N(C)C)cc1. The van der Waals surface area contributed by atoms with Crippen LogP contribution in [0.4, 0.5) is 0 Å². The summed E-state index contributed by atoms with van der Waals surface area (Å²) < 4.78 is 0. The van der Waals surface area contributed by atoms with Gasteiger partial charge in [0.05, 0.1) is 6.04 Å². The van der Waals surface area contributed by atoms with Crippen molar-refractivity contribution in [3.05, 3.63) is 29.8 Å². The molecule has 0 fully saturated rings. The molecule has 3 nitrogen and oxygen atoms in total. The van der Waals surface area contributed by atoms with Crippen molar-refractivity contribution in [2.45, 2.75) is 24.3 Å². The lowest BCUT2D eigenvalue weighted by atomic mass is 10.1. The fraction of sp³-hybridized carbons (Fsp3) is 0.462. The Bertz CT molecular complexity index is 362. The quantitative estimate of drug-likeness (QED) is 0.812. The summed E-state index contributed by atoms with van der Waals surface area (Å²) >= 11 is 1.81. The van der Waals surface area contributed by atoms with Crippen molar-refractivity contribution in [3.63, 3.8) is 0 Å². The van der Waals surface area contributed by atoms with Gasteiger partial charge in [-0.3, -0.25) is 4.79 Å². The second-order valence-corrected chi connectivity index (χ2v) is 5.46. The molecule has 1 rings (SSSR count). The van der Waals surface area contributed by atoms with E-state index in [9.17, 15) is 4.79 Å². The third-order valence-electron chi connectivity index (χ3n) is 2.45. The van der Waals surface area contributed by atoms with E-state index in [1.165, 1.54) is 9.80 Å². The number of carbonyl (C=O) groups is 1. The van der Waals surface area contributed by atoms with Gasteiger partial charge in [-0.15, -0.1) is 11.8 Å². The van der Waals surface area contributed by atoms with E-state index < -0.39 is 6.04 Å². The van der Waals surface area contributed by atoms with Gasteiger partial charge in [0, 0.05) is 19.0 Å². The average molecular weight is 252 g/mol. The van der Waals surface area contributed by atoms with Crippen molar-refractivity contribution in [2.75, 3.05) is 19.8 Å². The fourth-order valence-corrected chi connectivity index (χ4v) is 2.22. The minimum absolute atomic E-state index is 0.0305. The highest BCUT2D eigenvalue weighted by Crippen LogP contribution is 2.18. The number of hydrogen-bond donors (Lipinski definition) is 1. The first-order chi connectivity index (χ1) is 8.04. The third kappa shape index (κ3) is 4.40. The van der Waals surface area contributed by atoms with Gasteiger partial charge in [0.1, 0.15) is 0 Å². The summed E-state index contributed by atoms with van der Waals surface area (Å²) in [6, 6.07) is 7.79. The average Bonchev–Trinajstić information content (AvgIpc) is 2.30. The molecule has 1 aromatic rings. The zero-order valence-electron chi connectivity index (χ0n) is 10.6. The molecule has 0 aliphatic rings. The molecule has 17 heavy (non-hydrogen) atoms. The van der Waals surface area contributed by atoms with Gasteiger partial charge in [0.15, 0.2) is 0 Å². The molecule has 0 heterocycles. The summed E-state index contributed by atoms with van der Waals surface area (Å²) in [5.74, 6) is 1.04. The van der Waals surface area contributed by atoms with Gasteiger partial charge in [-0.1, -0.05) is 19.1 Å². The maximum absolute atomic E-state index is 11.6. The van der Waals surface area contributed by atoms with Crippen molar-refractivity contribution in [3.8, 4) is 0 Å². The van der Waals surface area contributed by atoms with Crippen molar-refractivity contribution in [1.29, 1.82) is 0 Å². The minimum atomic E-state index is -0.449. The Hall–Kier alpha value is -1.00.